The van der Waals surface area contributed by atoms with Gasteiger partial charge in [-0.05, 0) is 23.6 Å². The fourth-order valence-electron chi connectivity index (χ4n) is 1.53. The maximum Gasteiger partial charge on any atom is 0.118 e. The van der Waals surface area contributed by atoms with Crippen LogP contribution in [-0.2, 0) is 11.3 Å². The van der Waals surface area contributed by atoms with Crippen LogP contribution in [-0.4, -0.2) is 24.9 Å². The Morgan fingerprint density at radius 1 is 1.21 bits per heavy atom. The maximum atomic E-state index is 9.72. The molecule has 0 aliphatic rings. The normalized spacial score (nSPS) is 14.5. The van der Waals surface area contributed by atoms with E-state index in [1.54, 1.807) is 7.11 Å². The number of allylic oxidation sites excluding steroid dienone is 1. The van der Waals surface area contributed by atoms with Gasteiger partial charge in [0, 0.05) is 0 Å². The second-order valence-electron chi connectivity index (χ2n) is 4.70. The molecule has 1 N–H and O–H groups in total. The number of aliphatic hydroxyl groups excluding tert-OH is 1. The van der Waals surface area contributed by atoms with E-state index in [2.05, 4.69) is 13.8 Å². The molecular weight excluding hydrogens is 240 g/mol. The van der Waals surface area contributed by atoms with Crippen molar-refractivity contribution in [2.45, 2.75) is 33.0 Å². The van der Waals surface area contributed by atoms with Gasteiger partial charge in [0.05, 0.1) is 26.4 Å². The highest BCUT2D eigenvalue weighted by molar-refractivity contribution is 5.26. The Balaban J connectivity index is 2.27. The van der Waals surface area contributed by atoms with Crippen LogP contribution in [0.15, 0.2) is 36.4 Å². The third kappa shape index (κ3) is 6.41. The molecule has 0 aliphatic carbocycles. The third-order valence-corrected chi connectivity index (χ3v) is 3.02. The van der Waals surface area contributed by atoms with Gasteiger partial charge in [0.15, 0.2) is 0 Å². The molecule has 19 heavy (non-hydrogen) atoms. The zero-order valence-corrected chi connectivity index (χ0v) is 12.0. The molecule has 0 amide bonds. The van der Waals surface area contributed by atoms with Gasteiger partial charge in [0.2, 0.25) is 0 Å². The topological polar surface area (TPSA) is 38.7 Å². The molecule has 0 radical (unpaired) electrons. The Hall–Kier alpha value is -1.32. The quantitative estimate of drug-likeness (QED) is 0.733. The molecule has 3 heteroatoms. The van der Waals surface area contributed by atoms with Gasteiger partial charge in [-0.15, -0.1) is 0 Å². The minimum Gasteiger partial charge on any atom is -0.497 e. The van der Waals surface area contributed by atoms with Crippen LogP contribution in [0.25, 0.3) is 0 Å². The summed E-state index contributed by atoms with van der Waals surface area (Å²) in [6.07, 6.45) is 4.38. The van der Waals surface area contributed by atoms with Gasteiger partial charge in [-0.3, -0.25) is 0 Å². The van der Waals surface area contributed by atoms with E-state index in [4.69, 9.17) is 9.47 Å². The van der Waals surface area contributed by atoms with Gasteiger partial charge in [-0.25, -0.2) is 0 Å². The van der Waals surface area contributed by atoms with Crippen molar-refractivity contribution in [3.05, 3.63) is 42.0 Å². The van der Waals surface area contributed by atoms with E-state index in [0.717, 1.165) is 17.7 Å². The average molecular weight is 264 g/mol. The summed E-state index contributed by atoms with van der Waals surface area (Å²) in [4.78, 5) is 0. The van der Waals surface area contributed by atoms with Crippen molar-refractivity contribution in [2.24, 2.45) is 5.92 Å². The zero-order chi connectivity index (χ0) is 14.1. The summed E-state index contributed by atoms with van der Waals surface area (Å²) in [5.74, 6) is 1.33. The summed E-state index contributed by atoms with van der Waals surface area (Å²) < 4.78 is 10.6. The summed E-state index contributed by atoms with van der Waals surface area (Å²) >= 11 is 0. The fraction of sp³-hybridized carbons (Fsp3) is 0.500. The molecule has 0 aromatic heterocycles. The summed E-state index contributed by atoms with van der Waals surface area (Å²) in [6.45, 7) is 5.07. The van der Waals surface area contributed by atoms with Crippen LogP contribution in [0, 0.1) is 5.92 Å². The molecule has 1 aromatic carbocycles. The molecule has 3 nitrogen and oxygen atoms in total. The summed E-state index contributed by atoms with van der Waals surface area (Å²) in [5.41, 5.74) is 1.07. The molecule has 0 unspecified atom stereocenters. The minimum absolute atomic E-state index is 0.318. The number of methoxy groups -OCH3 is 1. The lowest BCUT2D eigenvalue weighted by Gasteiger charge is -2.09. The van der Waals surface area contributed by atoms with Gasteiger partial charge in [0.1, 0.15) is 5.75 Å². The number of rotatable bonds is 8. The first kappa shape index (κ1) is 15.7. The summed E-state index contributed by atoms with van der Waals surface area (Å²) in [5, 5.41) is 9.72. The molecular formula is C16H24O3. The lowest BCUT2D eigenvalue weighted by molar-refractivity contribution is 0.0501. The molecule has 0 bridgehead atoms. The van der Waals surface area contributed by atoms with Crippen LogP contribution in [0.1, 0.15) is 25.8 Å². The summed E-state index contributed by atoms with van der Waals surface area (Å²) in [7, 11) is 1.64. The monoisotopic (exact) mass is 264 g/mol. The molecule has 0 saturated carbocycles. The number of aliphatic hydroxyl groups is 1. The number of hydrogen-bond acceptors (Lipinski definition) is 3. The highest BCUT2D eigenvalue weighted by Crippen LogP contribution is 2.12. The van der Waals surface area contributed by atoms with Crippen LogP contribution in [0.3, 0.4) is 0 Å². The zero-order valence-electron chi connectivity index (χ0n) is 12.0. The Morgan fingerprint density at radius 2 is 1.89 bits per heavy atom. The van der Waals surface area contributed by atoms with Crippen molar-refractivity contribution in [1.29, 1.82) is 0 Å². The minimum atomic E-state index is -0.535. The summed E-state index contributed by atoms with van der Waals surface area (Å²) in [6, 6.07) is 7.72. The van der Waals surface area contributed by atoms with Gasteiger partial charge in [0.25, 0.3) is 0 Å². The van der Waals surface area contributed by atoms with E-state index in [1.807, 2.05) is 36.4 Å². The first-order valence-electron chi connectivity index (χ1n) is 6.72. The van der Waals surface area contributed by atoms with Gasteiger partial charge in [-0.2, -0.15) is 0 Å². The van der Waals surface area contributed by atoms with Crippen LogP contribution < -0.4 is 4.74 Å². The molecule has 0 aliphatic heterocycles. The molecule has 0 heterocycles. The van der Waals surface area contributed by atoms with Crippen molar-refractivity contribution in [3.63, 3.8) is 0 Å². The Bertz CT molecular complexity index is 370. The molecule has 1 aromatic rings. The molecule has 0 spiro atoms. The van der Waals surface area contributed by atoms with E-state index < -0.39 is 6.10 Å². The van der Waals surface area contributed by atoms with Gasteiger partial charge >= 0.3 is 0 Å². The van der Waals surface area contributed by atoms with Gasteiger partial charge < -0.3 is 14.6 Å². The first-order valence-corrected chi connectivity index (χ1v) is 6.72. The van der Waals surface area contributed by atoms with Gasteiger partial charge in [-0.1, -0.05) is 44.6 Å². The highest BCUT2D eigenvalue weighted by atomic mass is 16.5. The van der Waals surface area contributed by atoms with Crippen LogP contribution in [0.4, 0.5) is 0 Å². The van der Waals surface area contributed by atoms with E-state index in [0.29, 0.717) is 19.1 Å². The Morgan fingerprint density at radius 3 is 2.47 bits per heavy atom. The fourth-order valence-corrected chi connectivity index (χ4v) is 1.53. The highest BCUT2D eigenvalue weighted by Gasteiger charge is 2.01. The smallest absolute Gasteiger partial charge is 0.118 e. The van der Waals surface area contributed by atoms with Crippen molar-refractivity contribution >= 4 is 0 Å². The molecule has 0 fully saturated rings. The average Bonchev–Trinajstić information content (AvgIpc) is 2.45. The standard InChI is InChI=1S/C16H24O3/c1-4-13(2)5-8-15(17)12-19-11-14-6-9-16(18-3)10-7-14/h5-10,13,15,17H,4,11-12H2,1-3H3/b8-5+/t13-,15-/m1/s1. The number of benzene rings is 1. The van der Waals surface area contributed by atoms with Crippen LogP contribution in [0.5, 0.6) is 5.75 Å². The number of hydrogen-bond donors (Lipinski definition) is 1. The largest absolute Gasteiger partial charge is 0.497 e. The predicted octanol–water partition coefficient (Wildman–Crippen LogP) is 3.18. The second kappa shape index (κ2) is 8.73. The molecule has 1 rings (SSSR count). The van der Waals surface area contributed by atoms with Crippen LogP contribution >= 0.6 is 0 Å². The molecule has 0 saturated heterocycles. The van der Waals surface area contributed by atoms with Crippen molar-refractivity contribution in [3.8, 4) is 5.75 Å². The maximum absolute atomic E-state index is 9.72. The third-order valence-electron chi connectivity index (χ3n) is 3.02. The molecule has 2 atom stereocenters. The van der Waals surface area contributed by atoms with E-state index in [-0.39, 0.29) is 0 Å². The Labute approximate surface area is 115 Å². The van der Waals surface area contributed by atoms with Crippen molar-refractivity contribution < 1.29 is 14.6 Å². The molecule has 106 valence electrons. The predicted molar refractivity (Wildman–Crippen MR) is 77.3 cm³/mol. The first-order chi connectivity index (χ1) is 9.15. The Kier molecular flexibility index (Phi) is 7.23. The van der Waals surface area contributed by atoms with E-state index in [9.17, 15) is 5.11 Å². The SMILES string of the molecule is CC[C@@H](C)/C=C/[C@@H](O)COCc1ccc(OC)cc1. The van der Waals surface area contributed by atoms with E-state index in [1.165, 1.54) is 0 Å². The second-order valence-corrected chi connectivity index (χ2v) is 4.70. The van der Waals surface area contributed by atoms with Crippen molar-refractivity contribution in [1.82, 2.24) is 0 Å². The lowest BCUT2D eigenvalue weighted by atomic mass is 10.1. The lowest BCUT2D eigenvalue weighted by Crippen LogP contribution is -2.12. The number of ether oxygens (including phenoxy) is 2. The van der Waals surface area contributed by atoms with E-state index >= 15 is 0 Å². The van der Waals surface area contributed by atoms with Crippen LogP contribution in [0.2, 0.25) is 0 Å². The van der Waals surface area contributed by atoms with Crippen molar-refractivity contribution in [2.75, 3.05) is 13.7 Å².